The van der Waals surface area contributed by atoms with Crippen LogP contribution in [0.5, 0.6) is 0 Å². The van der Waals surface area contributed by atoms with E-state index in [1.54, 1.807) is 0 Å². The van der Waals surface area contributed by atoms with Gasteiger partial charge in [-0.3, -0.25) is 9.59 Å². The van der Waals surface area contributed by atoms with Crippen LogP contribution in [-0.4, -0.2) is 47.8 Å². The zero-order valence-electron chi connectivity index (χ0n) is 12.0. The maximum Gasteiger partial charge on any atom is 0.227 e. The Bertz CT molecular complexity index is 451. The molecule has 1 aromatic carbocycles. The number of rotatable bonds is 4. The molecule has 1 aliphatic rings. The molecule has 0 aromatic heterocycles. The highest BCUT2D eigenvalue weighted by molar-refractivity contribution is 5.80. The lowest BCUT2D eigenvalue weighted by Gasteiger charge is -2.35. The molecule has 0 saturated carbocycles. The first-order valence-corrected chi connectivity index (χ1v) is 7.30. The van der Waals surface area contributed by atoms with Gasteiger partial charge in [-0.25, -0.2) is 0 Å². The van der Waals surface area contributed by atoms with Crippen molar-refractivity contribution in [3.05, 3.63) is 35.9 Å². The Morgan fingerprint density at radius 3 is 2.05 bits per heavy atom. The second-order valence-corrected chi connectivity index (χ2v) is 5.17. The summed E-state index contributed by atoms with van der Waals surface area (Å²) >= 11 is 0. The smallest absolute Gasteiger partial charge is 0.227 e. The molecule has 20 heavy (non-hydrogen) atoms. The van der Waals surface area contributed by atoms with Gasteiger partial charge in [0.1, 0.15) is 0 Å². The van der Waals surface area contributed by atoms with Crippen molar-refractivity contribution in [3.63, 3.8) is 0 Å². The number of benzene rings is 1. The maximum absolute atomic E-state index is 12.2. The van der Waals surface area contributed by atoms with E-state index in [4.69, 9.17) is 0 Å². The van der Waals surface area contributed by atoms with Crippen molar-refractivity contribution in [2.75, 3.05) is 26.2 Å². The van der Waals surface area contributed by atoms with E-state index in [0.717, 1.165) is 12.0 Å². The Morgan fingerprint density at radius 2 is 1.50 bits per heavy atom. The first kappa shape index (κ1) is 14.6. The van der Waals surface area contributed by atoms with Gasteiger partial charge in [0.25, 0.3) is 0 Å². The van der Waals surface area contributed by atoms with Crippen LogP contribution in [0.2, 0.25) is 0 Å². The SMILES string of the molecule is CCCC(=O)N1CCN(C(=O)Cc2ccccc2)CC1. The monoisotopic (exact) mass is 274 g/mol. The van der Waals surface area contributed by atoms with E-state index in [2.05, 4.69) is 0 Å². The minimum Gasteiger partial charge on any atom is -0.339 e. The zero-order chi connectivity index (χ0) is 14.4. The van der Waals surface area contributed by atoms with E-state index in [1.807, 2.05) is 47.1 Å². The van der Waals surface area contributed by atoms with Crippen molar-refractivity contribution in [2.45, 2.75) is 26.2 Å². The molecule has 1 heterocycles. The summed E-state index contributed by atoms with van der Waals surface area (Å²) in [5, 5.41) is 0. The molecule has 0 unspecified atom stereocenters. The van der Waals surface area contributed by atoms with Gasteiger partial charge in [0, 0.05) is 32.6 Å². The molecule has 0 atom stereocenters. The molecule has 0 radical (unpaired) electrons. The minimum absolute atomic E-state index is 0.152. The molecule has 0 bridgehead atoms. The highest BCUT2D eigenvalue weighted by Crippen LogP contribution is 2.08. The van der Waals surface area contributed by atoms with Crippen LogP contribution in [0.3, 0.4) is 0 Å². The predicted molar refractivity (Wildman–Crippen MR) is 78.2 cm³/mol. The van der Waals surface area contributed by atoms with Crippen LogP contribution < -0.4 is 0 Å². The van der Waals surface area contributed by atoms with Crippen LogP contribution in [0.25, 0.3) is 0 Å². The quantitative estimate of drug-likeness (QED) is 0.838. The highest BCUT2D eigenvalue weighted by Gasteiger charge is 2.23. The molecular weight excluding hydrogens is 252 g/mol. The molecule has 2 rings (SSSR count). The molecule has 0 spiro atoms. The summed E-state index contributed by atoms with van der Waals surface area (Å²) in [7, 11) is 0. The second kappa shape index (κ2) is 7.08. The molecular formula is C16H22N2O2. The Labute approximate surface area is 120 Å². The standard InChI is InChI=1S/C16H22N2O2/c1-2-6-15(19)17-9-11-18(12-10-17)16(20)13-14-7-4-3-5-8-14/h3-5,7-8H,2,6,9-13H2,1H3. The molecule has 1 aromatic rings. The van der Waals surface area contributed by atoms with Crippen molar-refractivity contribution in [3.8, 4) is 0 Å². The fraction of sp³-hybridized carbons (Fsp3) is 0.500. The van der Waals surface area contributed by atoms with E-state index in [0.29, 0.717) is 39.0 Å². The average molecular weight is 274 g/mol. The predicted octanol–water partition coefficient (Wildman–Crippen LogP) is 1.70. The van der Waals surface area contributed by atoms with Crippen LogP contribution in [-0.2, 0) is 16.0 Å². The van der Waals surface area contributed by atoms with Gasteiger partial charge in [-0.05, 0) is 12.0 Å². The van der Waals surface area contributed by atoms with E-state index >= 15 is 0 Å². The Morgan fingerprint density at radius 1 is 0.950 bits per heavy atom. The zero-order valence-corrected chi connectivity index (χ0v) is 12.0. The summed E-state index contributed by atoms with van der Waals surface area (Å²) in [6.07, 6.45) is 1.94. The fourth-order valence-electron chi connectivity index (χ4n) is 2.46. The topological polar surface area (TPSA) is 40.6 Å². The lowest BCUT2D eigenvalue weighted by Crippen LogP contribution is -2.50. The highest BCUT2D eigenvalue weighted by atomic mass is 16.2. The number of carbonyl (C=O) groups excluding carboxylic acids is 2. The number of piperazine rings is 1. The Hall–Kier alpha value is -1.84. The number of carbonyl (C=O) groups is 2. The lowest BCUT2D eigenvalue weighted by atomic mass is 10.1. The van der Waals surface area contributed by atoms with Gasteiger partial charge in [0.15, 0.2) is 0 Å². The van der Waals surface area contributed by atoms with E-state index in [1.165, 1.54) is 0 Å². The first-order valence-electron chi connectivity index (χ1n) is 7.30. The van der Waals surface area contributed by atoms with Crippen molar-refractivity contribution < 1.29 is 9.59 Å². The van der Waals surface area contributed by atoms with Crippen LogP contribution >= 0.6 is 0 Å². The molecule has 108 valence electrons. The molecule has 4 nitrogen and oxygen atoms in total. The third-order valence-electron chi connectivity index (χ3n) is 3.65. The van der Waals surface area contributed by atoms with Crippen molar-refractivity contribution in [2.24, 2.45) is 0 Å². The van der Waals surface area contributed by atoms with Crippen LogP contribution in [0.15, 0.2) is 30.3 Å². The maximum atomic E-state index is 12.2. The summed E-state index contributed by atoms with van der Waals surface area (Å²) < 4.78 is 0. The third kappa shape index (κ3) is 3.83. The normalized spacial score (nSPS) is 15.2. The van der Waals surface area contributed by atoms with Crippen molar-refractivity contribution in [1.82, 2.24) is 9.80 Å². The largest absolute Gasteiger partial charge is 0.339 e. The summed E-state index contributed by atoms with van der Waals surface area (Å²) in [5.41, 5.74) is 1.04. The van der Waals surface area contributed by atoms with Crippen molar-refractivity contribution >= 4 is 11.8 Å². The van der Waals surface area contributed by atoms with Gasteiger partial charge in [0.05, 0.1) is 6.42 Å². The minimum atomic E-state index is 0.152. The van der Waals surface area contributed by atoms with E-state index < -0.39 is 0 Å². The summed E-state index contributed by atoms with van der Waals surface area (Å²) in [4.78, 5) is 27.7. The van der Waals surface area contributed by atoms with Gasteiger partial charge in [-0.15, -0.1) is 0 Å². The summed E-state index contributed by atoms with van der Waals surface area (Å²) in [6.45, 7) is 4.65. The van der Waals surface area contributed by atoms with Crippen LogP contribution in [0.4, 0.5) is 0 Å². The molecule has 2 amide bonds. The molecule has 0 aliphatic carbocycles. The van der Waals surface area contributed by atoms with Crippen LogP contribution in [0.1, 0.15) is 25.3 Å². The third-order valence-corrected chi connectivity index (χ3v) is 3.65. The molecule has 4 heteroatoms. The molecule has 1 aliphatic heterocycles. The number of hydrogen-bond donors (Lipinski definition) is 0. The van der Waals surface area contributed by atoms with Gasteiger partial charge in [0.2, 0.25) is 11.8 Å². The van der Waals surface area contributed by atoms with E-state index in [9.17, 15) is 9.59 Å². The summed E-state index contributed by atoms with van der Waals surface area (Å²) in [6, 6.07) is 9.79. The first-order chi connectivity index (χ1) is 9.70. The van der Waals surface area contributed by atoms with E-state index in [-0.39, 0.29) is 11.8 Å². The van der Waals surface area contributed by atoms with Gasteiger partial charge in [-0.2, -0.15) is 0 Å². The average Bonchev–Trinajstić information content (AvgIpc) is 2.48. The number of amides is 2. The fourth-order valence-corrected chi connectivity index (χ4v) is 2.46. The second-order valence-electron chi connectivity index (χ2n) is 5.17. The lowest BCUT2D eigenvalue weighted by molar-refractivity contribution is -0.139. The van der Waals surface area contributed by atoms with Gasteiger partial charge in [-0.1, -0.05) is 37.3 Å². The molecule has 1 saturated heterocycles. The molecule has 0 N–H and O–H groups in total. The number of hydrogen-bond acceptors (Lipinski definition) is 2. The number of nitrogens with zero attached hydrogens (tertiary/aromatic N) is 2. The van der Waals surface area contributed by atoms with Gasteiger partial charge >= 0.3 is 0 Å². The molecule has 1 fully saturated rings. The van der Waals surface area contributed by atoms with Crippen molar-refractivity contribution in [1.29, 1.82) is 0 Å². The Balaban J connectivity index is 1.81. The van der Waals surface area contributed by atoms with Crippen LogP contribution in [0, 0.1) is 0 Å². The summed E-state index contributed by atoms with van der Waals surface area (Å²) in [5.74, 6) is 0.362. The Kier molecular flexibility index (Phi) is 5.16. The van der Waals surface area contributed by atoms with Gasteiger partial charge < -0.3 is 9.80 Å².